The fourth-order valence-corrected chi connectivity index (χ4v) is 1.82. The smallest absolute Gasteiger partial charge is 0.00720 e. The zero-order valence-electron chi connectivity index (χ0n) is 8.18. The summed E-state index contributed by atoms with van der Waals surface area (Å²) in [5, 5.41) is 0. The lowest BCUT2D eigenvalue weighted by Gasteiger charge is -2.31. The predicted octanol–water partition coefficient (Wildman–Crippen LogP) is 1.07. The summed E-state index contributed by atoms with van der Waals surface area (Å²) in [6.07, 6.45) is 4.30. The molecule has 0 unspecified atom stereocenters. The van der Waals surface area contributed by atoms with Crippen molar-refractivity contribution >= 4 is 0 Å². The molecule has 0 aliphatic heterocycles. The largest absolute Gasteiger partial charge is 0.330 e. The minimum atomic E-state index is 0. The Kier molecular flexibility index (Phi) is 10.0. The summed E-state index contributed by atoms with van der Waals surface area (Å²) < 4.78 is 0. The summed E-state index contributed by atoms with van der Waals surface area (Å²) in [7, 11) is 0. The molecule has 82 valence electrons. The van der Waals surface area contributed by atoms with Crippen LogP contribution in [-0.2, 0) is 0 Å². The van der Waals surface area contributed by atoms with Gasteiger partial charge in [0, 0.05) is 0 Å². The summed E-state index contributed by atoms with van der Waals surface area (Å²) >= 11 is 0. The molecule has 6 N–H and O–H groups in total. The predicted molar refractivity (Wildman–Crippen MR) is 60.5 cm³/mol. The molecule has 0 spiro atoms. The van der Waals surface area contributed by atoms with Gasteiger partial charge in [-0.3, -0.25) is 0 Å². The second kappa shape index (κ2) is 8.48. The van der Waals surface area contributed by atoms with Crippen LogP contribution in [0, 0.1) is 5.41 Å². The molecule has 0 aromatic heterocycles. The second-order valence-corrected chi connectivity index (χ2v) is 3.47. The Bertz CT molecular complexity index is 87.3. The molecule has 0 fully saturated rings. The maximum atomic E-state index is 5.57. The van der Waals surface area contributed by atoms with Gasteiger partial charge in [0.25, 0.3) is 0 Å². The average molecular weight is 189 g/mol. The molecular weight excluding hydrogens is 162 g/mol. The van der Waals surface area contributed by atoms with Gasteiger partial charge in [-0.1, -0.05) is 20.8 Å². The summed E-state index contributed by atoms with van der Waals surface area (Å²) in [6, 6.07) is 0. The number of hydrogen-bond donors (Lipinski definition) is 3. The Labute approximate surface area is 83.0 Å². The molecule has 0 atom stereocenters. The Hall–Kier alpha value is -0.120. The highest BCUT2D eigenvalue weighted by molar-refractivity contribution is 4.79. The second-order valence-electron chi connectivity index (χ2n) is 3.47. The van der Waals surface area contributed by atoms with Gasteiger partial charge >= 0.3 is 0 Å². The molecule has 0 rings (SSSR count). The molecule has 3 heteroatoms. The van der Waals surface area contributed by atoms with E-state index in [4.69, 9.17) is 17.2 Å². The van der Waals surface area contributed by atoms with E-state index in [9.17, 15) is 0 Å². The van der Waals surface area contributed by atoms with Gasteiger partial charge in [-0.2, -0.15) is 0 Å². The van der Waals surface area contributed by atoms with Gasteiger partial charge < -0.3 is 17.2 Å². The van der Waals surface area contributed by atoms with Gasteiger partial charge in [-0.05, 0) is 44.3 Å². The van der Waals surface area contributed by atoms with E-state index in [2.05, 4.69) is 6.92 Å². The zero-order chi connectivity index (χ0) is 9.45. The lowest BCUT2D eigenvalue weighted by molar-refractivity contribution is 0.221. The Morgan fingerprint density at radius 2 is 1.15 bits per heavy atom. The molecular formula is C10H27N3. The lowest BCUT2D eigenvalue weighted by Crippen LogP contribution is -2.29. The van der Waals surface area contributed by atoms with Gasteiger partial charge in [-0.15, -0.1) is 0 Å². The first-order valence-corrected chi connectivity index (χ1v) is 4.85. The van der Waals surface area contributed by atoms with E-state index in [1.807, 2.05) is 0 Å². The van der Waals surface area contributed by atoms with E-state index in [1.54, 1.807) is 0 Å². The van der Waals surface area contributed by atoms with Crippen LogP contribution < -0.4 is 17.2 Å². The first-order chi connectivity index (χ1) is 5.74. The molecule has 0 heterocycles. The molecule has 0 amide bonds. The van der Waals surface area contributed by atoms with Crippen LogP contribution in [0.15, 0.2) is 0 Å². The molecule has 0 saturated heterocycles. The molecule has 3 nitrogen and oxygen atoms in total. The number of nitrogens with two attached hydrogens (primary N) is 3. The quantitative estimate of drug-likeness (QED) is 0.560. The van der Waals surface area contributed by atoms with Crippen LogP contribution in [0.2, 0.25) is 0 Å². The molecule has 0 aliphatic carbocycles. The van der Waals surface area contributed by atoms with Crippen molar-refractivity contribution in [2.75, 3.05) is 19.6 Å². The van der Waals surface area contributed by atoms with Crippen LogP contribution in [0.5, 0.6) is 0 Å². The van der Waals surface area contributed by atoms with Crippen LogP contribution in [0.3, 0.4) is 0 Å². The number of hydrogen-bond acceptors (Lipinski definition) is 3. The van der Waals surface area contributed by atoms with Gasteiger partial charge in [0.2, 0.25) is 0 Å². The van der Waals surface area contributed by atoms with E-state index < -0.39 is 0 Å². The fourth-order valence-electron chi connectivity index (χ4n) is 1.82. The van der Waals surface area contributed by atoms with Crippen LogP contribution in [0.4, 0.5) is 0 Å². The highest BCUT2D eigenvalue weighted by atomic mass is 14.6. The first kappa shape index (κ1) is 15.4. The van der Waals surface area contributed by atoms with E-state index in [0.717, 1.165) is 45.3 Å². The maximum Gasteiger partial charge on any atom is -0.00720 e. The first-order valence-electron chi connectivity index (χ1n) is 4.85. The maximum absolute atomic E-state index is 5.57. The SMILES string of the molecule is C.CCC(CCN)(CCN)CCN. The Morgan fingerprint density at radius 1 is 0.846 bits per heavy atom. The van der Waals surface area contributed by atoms with Crippen LogP contribution >= 0.6 is 0 Å². The monoisotopic (exact) mass is 189 g/mol. The molecule has 0 aromatic rings. The third-order valence-electron chi connectivity index (χ3n) is 2.77. The van der Waals surface area contributed by atoms with E-state index in [0.29, 0.717) is 5.41 Å². The van der Waals surface area contributed by atoms with Crippen molar-refractivity contribution in [1.29, 1.82) is 0 Å². The van der Waals surface area contributed by atoms with Gasteiger partial charge in [-0.25, -0.2) is 0 Å². The normalized spacial score (nSPS) is 11.1. The summed E-state index contributed by atoms with van der Waals surface area (Å²) in [5.41, 5.74) is 17.0. The van der Waals surface area contributed by atoms with Crippen molar-refractivity contribution in [3.63, 3.8) is 0 Å². The van der Waals surface area contributed by atoms with E-state index in [1.165, 1.54) is 0 Å². The van der Waals surface area contributed by atoms with Crippen LogP contribution in [0.25, 0.3) is 0 Å². The molecule has 0 radical (unpaired) electrons. The summed E-state index contributed by atoms with van der Waals surface area (Å²) in [6.45, 7) is 4.43. The van der Waals surface area contributed by atoms with Crippen molar-refractivity contribution in [3.8, 4) is 0 Å². The van der Waals surface area contributed by atoms with Gasteiger partial charge in [0.05, 0.1) is 0 Å². The van der Waals surface area contributed by atoms with Gasteiger partial charge in [0.1, 0.15) is 0 Å². The van der Waals surface area contributed by atoms with E-state index >= 15 is 0 Å². The average Bonchev–Trinajstić information content (AvgIpc) is 2.06. The van der Waals surface area contributed by atoms with E-state index in [-0.39, 0.29) is 7.43 Å². The Balaban J connectivity index is 0. The highest BCUT2D eigenvalue weighted by Crippen LogP contribution is 2.32. The number of rotatable bonds is 7. The summed E-state index contributed by atoms with van der Waals surface area (Å²) in [4.78, 5) is 0. The van der Waals surface area contributed by atoms with Crippen molar-refractivity contribution in [2.45, 2.75) is 40.0 Å². The Morgan fingerprint density at radius 3 is 1.31 bits per heavy atom. The van der Waals surface area contributed by atoms with Crippen LogP contribution in [-0.4, -0.2) is 19.6 Å². The third-order valence-corrected chi connectivity index (χ3v) is 2.77. The topological polar surface area (TPSA) is 78.1 Å². The summed E-state index contributed by atoms with van der Waals surface area (Å²) in [5.74, 6) is 0. The van der Waals surface area contributed by atoms with Gasteiger partial charge in [0.15, 0.2) is 0 Å². The minimum Gasteiger partial charge on any atom is -0.330 e. The third kappa shape index (κ3) is 5.24. The zero-order valence-corrected chi connectivity index (χ0v) is 8.18. The van der Waals surface area contributed by atoms with Crippen molar-refractivity contribution in [2.24, 2.45) is 22.6 Å². The minimum absolute atomic E-state index is 0. The van der Waals surface area contributed by atoms with Crippen molar-refractivity contribution < 1.29 is 0 Å². The lowest BCUT2D eigenvalue weighted by atomic mass is 9.76. The van der Waals surface area contributed by atoms with Crippen molar-refractivity contribution in [1.82, 2.24) is 0 Å². The molecule has 0 bridgehead atoms. The standard InChI is InChI=1S/C9H23N3.CH4/c1-2-9(3-6-10,4-7-11)5-8-12;/h2-8,10-12H2,1H3;1H4. The molecule has 0 aromatic carbocycles. The van der Waals surface area contributed by atoms with Crippen LogP contribution in [0.1, 0.15) is 40.0 Å². The molecule has 13 heavy (non-hydrogen) atoms. The van der Waals surface area contributed by atoms with Crippen molar-refractivity contribution in [3.05, 3.63) is 0 Å². The fraction of sp³-hybridized carbons (Fsp3) is 1.00. The highest BCUT2D eigenvalue weighted by Gasteiger charge is 2.25. The molecule has 0 aliphatic rings. The molecule has 0 saturated carbocycles.